The molecule has 1 heterocycles. The number of carboxylic acid groups (broad SMARTS) is 1. The summed E-state index contributed by atoms with van der Waals surface area (Å²) in [5.74, 6) is -1.12. The summed E-state index contributed by atoms with van der Waals surface area (Å²) in [5.41, 5.74) is -3.20. The van der Waals surface area contributed by atoms with Crippen molar-refractivity contribution < 1.29 is 29.5 Å². The predicted octanol–water partition coefficient (Wildman–Crippen LogP) is 4.74. The van der Waals surface area contributed by atoms with Crippen LogP contribution in [0.3, 0.4) is 0 Å². The molecule has 0 unspecified atom stereocenters. The highest BCUT2D eigenvalue weighted by Gasteiger charge is 2.26. The third kappa shape index (κ3) is 5.10. The van der Waals surface area contributed by atoms with Crippen LogP contribution in [0.15, 0.2) is 77.6 Å². The van der Waals surface area contributed by atoms with E-state index >= 15 is 0 Å². The second kappa shape index (κ2) is 10.7. The number of aldehydes is 1. The fraction of sp³-hybridized carbons (Fsp3) is 0. The van der Waals surface area contributed by atoms with Gasteiger partial charge >= 0.3 is 5.97 Å². The van der Waals surface area contributed by atoms with Gasteiger partial charge in [0.05, 0.1) is 16.2 Å². The molecular formula is C26H17N3O8S. The average Bonchev–Trinajstić information content (AvgIpc) is 2.89. The van der Waals surface area contributed by atoms with Gasteiger partial charge in [-0.2, -0.15) is 0 Å². The minimum atomic E-state index is -1.57. The van der Waals surface area contributed by atoms with Crippen LogP contribution in [0.5, 0.6) is 17.4 Å². The van der Waals surface area contributed by atoms with Crippen LogP contribution in [-0.4, -0.2) is 36.9 Å². The van der Waals surface area contributed by atoms with Crippen molar-refractivity contribution in [1.82, 2.24) is 9.55 Å². The van der Waals surface area contributed by atoms with E-state index in [1.807, 2.05) is 18.2 Å². The molecule has 0 radical (unpaired) electrons. The largest absolute Gasteiger partial charge is 0.494 e. The summed E-state index contributed by atoms with van der Waals surface area (Å²) in [6, 6.07) is 18.8. The fourth-order valence-electron chi connectivity index (χ4n) is 3.67. The maximum atomic E-state index is 12.7. The number of H-pyrrole nitrogens is 1. The van der Waals surface area contributed by atoms with Crippen molar-refractivity contribution in [3.63, 3.8) is 0 Å². The van der Waals surface area contributed by atoms with Gasteiger partial charge in [0.15, 0.2) is 11.1 Å². The van der Waals surface area contributed by atoms with Gasteiger partial charge in [-0.1, -0.05) is 24.3 Å². The Hall–Kier alpha value is -5.36. The molecule has 0 saturated heterocycles. The lowest BCUT2D eigenvalue weighted by Crippen LogP contribution is -2.16. The Labute approximate surface area is 218 Å². The van der Waals surface area contributed by atoms with Crippen LogP contribution in [0.4, 0.5) is 5.69 Å². The van der Waals surface area contributed by atoms with Crippen molar-refractivity contribution in [2.75, 3.05) is 0 Å². The standard InChI is InChI=1S/C26H17N3O8S/c30-14-15(19-7-4-8-20(25(33)34)22(19)29(35)36)13-21-23(31)27-26(38)28(24(21)32)16-9-11-18(12-10-16)37-17-5-2-1-3-6-17/h1-14,32H,(H,33,34)(H,27,31,38). The predicted molar refractivity (Wildman–Crippen MR) is 139 cm³/mol. The van der Waals surface area contributed by atoms with Crippen molar-refractivity contribution in [1.29, 1.82) is 0 Å². The fourth-order valence-corrected chi connectivity index (χ4v) is 3.96. The van der Waals surface area contributed by atoms with Crippen molar-refractivity contribution in [3.05, 3.63) is 115 Å². The highest BCUT2D eigenvalue weighted by molar-refractivity contribution is 7.71. The first-order chi connectivity index (χ1) is 18.2. The van der Waals surface area contributed by atoms with E-state index in [1.165, 1.54) is 6.07 Å². The number of carboxylic acids is 1. The normalized spacial score (nSPS) is 11.1. The Kier molecular flexibility index (Phi) is 7.26. The van der Waals surface area contributed by atoms with Crippen molar-refractivity contribution in [3.8, 4) is 23.1 Å². The first-order valence-corrected chi connectivity index (χ1v) is 11.2. The molecule has 0 spiro atoms. The Balaban J connectivity index is 1.81. The highest BCUT2D eigenvalue weighted by atomic mass is 32.1. The lowest BCUT2D eigenvalue weighted by molar-refractivity contribution is -0.385. The van der Waals surface area contributed by atoms with E-state index in [9.17, 15) is 34.7 Å². The lowest BCUT2D eigenvalue weighted by Gasteiger charge is -2.13. The van der Waals surface area contributed by atoms with Crippen LogP contribution in [0.25, 0.3) is 17.3 Å². The number of hydrogen-bond donors (Lipinski definition) is 3. The van der Waals surface area contributed by atoms with E-state index in [1.54, 1.807) is 36.4 Å². The third-order valence-electron chi connectivity index (χ3n) is 5.38. The number of carbonyl (C=O) groups is 2. The molecular weight excluding hydrogens is 514 g/mol. The summed E-state index contributed by atoms with van der Waals surface area (Å²) in [6.07, 6.45) is 1.14. The summed E-state index contributed by atoms with van der Waals surface area (Å²) in [7, 11) is 0. The molecule has 0 atom stereocenters. The summed E-state index contributed by atoms with van der Waals surface area (Å²) in [5, 5.41) is 31.9. The number of aromatic amines is 1. The Morgan fingerprint density at radius 1 is 1.00 bits per heavy atom. The van der Waals surface area contributed by atoms with E-state index in [2.05, 4.69) is 4.98 Å². The molecule has 0 fully saturated rings. The van der Waals surface area contributed by atoms with E-state index < -0.39 is 44.7 Å². The zero-order chi connectivity index (χ0) is 27.4. The van der Waals surface area contributed by atoms with Gasteiger partial charge in [0.2, 0.25) is 5.88 Å². The van der Waals surface area contributed by atoms with Gasteiger partial charge in [0.1, 0.15) is 22.6 Å². The van der Waals surface area contributed by atoms with Crippen molar-refractivity contribution in [2.24, 2.45) is 0 Å². The van der Waals surface area contributed by atoms with Crippen LogP contribution in [0, 0.1) is 14.9 Å². The Morgan fingerprint density at radius 2 is 1.63 bits per heavy atom. The number of nitrogens with one attached hydrogen (secondary N) is 1. The SMILES string of the molecule is O=CC(=Cc1c(O)n(-c2ccc(Oc3ccccc3)cc2)c(=S)[nH]c1=O)c1cccc(C(=O)O)c1[N+](=O)[O-]. The monoisotopic (exact) mass is 531 g/mol. The average molecular weight is 532 g/mol. The molecule has 11 nitrogen and oxygen atoms in total. The topological polar surface area (TPSA) is 165 Å². The second-order valence-electron chi connectivity index (χ2n) is 7.72. The van der Waals surface area contributed by atoms with E-state index in [4.69, 9.17) is 17.0 Å². The molecule has 12 heteroatoms. The molecule has 3 N–H and O–H groups in total. The number of allylic oxidation sites excluding steroid dienone is 1. The number of aromatic hydroxyl groups is 1. The quantitative estimate of drug-likeness (QED) is 0.0957. The number of aromatic carboxylic acids is 1. The molecule has 3 aromatic carbocycles. The van der Waals surface area contributed by atoms with Crippen molar-refractivity contribution >= 4 is 41.8 Å². The van der Waals surface area contributed by atoms with Gasteiger partial charge in [0, 0.05) is 5.57 Å². The smallest absolute Gasteiger partial charge is 0.342 e. The van der Waals surface area contributed by atoms with E-state index in [0.29, 0.717) is 17.2 Å². The maximum absolute atomic E-state index is 12.7. The highest BCUT2D eigenvalue weighted by Crippen LogP contribution is 2.32. The summed E-state index contributed by atoms with van der Waals surface area (Å²) in [4.78, 5) is 49.2. The molecule has 4 aromatic rings. The van der Waals surface area contributed by atoms with Crippen LogP contribution < -0.4 is 10.3 Å². The summed E-state index contributed by atoms with van der Waals surface area (Å²) < 4.78 is 6.71. The second-order valence-corrected chi connectivity index (χ2v) is 8.11. The van der Waals surface area contributed by atoms with Gasteiger partial charge in [-0.3, -0.25) is 29.3 Å². The lowest BCUT2D eigenvalue weighted by atomic mass is 9.99. The van der Waals surface area contributed by atoms with Gasteiger partial charge in [-0.25, -0.2) is 4.79 Å². The Morgan fingerprint density at radius 3 is 2.24 bits per heavy atom. The molecule has 0 saturated carbocycles. The molecule has 190 valence electrons. The molecule has 4 rings (SSSR count). The van der Waals surface area contributed by atoms with Crippen LogP contribution in [0.2, 0.25) is 0 Å². The summed E-state index contributed by atoms with van der Waals surface area (Å²) >= 11 is 5.21. The molecule has 0 bridgehead atoms. The number of para-hydroxylation sites is 2. The number of aromatic nitrogens is 2. The number of nitro groups is 1. The molecule has 0 amide bonds. The molecule has 0 aliphatic rings. The van der Waals surface area contributed by atoms with Gasteiger partial charge in [-0.05, 0) is 66.8 Å². The molecule has 0 aliphatic heterocycles. The zero-order valence-corrected chi connectivity index (χ0v) is 20.0. The maximum Gasteiger partial charge on any atom is 0.342 e. The van der Waals surface area contributed by atoms with E-state index in [-0.39, 0.29) is 16.6 Å². The molecule has 1 aromatic heterocycles. The molecule has 38 heavy (non-hydrogen) atoms. The third-order valence-corrected chi connectivity index (χ3v) is 5.67. The number of benzene rings is 3. The number of nitrogens with zero attached hydrogens (tertiary/aromatic N) is 2. The first kappa shape index (κ1) is 25.7. The van der Waals surface area contributed by atoms with Crippen molar-refractivity contribution in [2.45, 2.75) is 0 Å². The number of hydrogen-bond acceptors (Lipinski definition) is 8. The number of carbonyl (C=O) groups excluding carboxylic acids is 1. The summed E-state index contributed by atoms with van der Waals surface area (Å²) in [6.45, 7) is 0. The number of ether oxygens (including phenoxy) is 1. The van der Waals surface area contributed by atoms with Crippen LogP contribution >= 0.6 is 12.2 Å². The van der Waals surface area contributed by atoms with Gasteiger partial charge < -0.3 is 14.9 Å². The number of nitro benzene ring substituents is 1. The minimum absolute atomic E-state index is 0.159. The molecule has 0 aliphatic carbocycles. The Bertz CT molecular complexity index is 1710. The van der Waals surface area contributed by atoms with Crippen LogP contribution in [-0.2, 0) is 4.79 Å². The van der Waals surface area contributed by atoms with Gasteiger partial charge in [-0.15, -0.1) is 0 Å². The first-order valence-electron chi connectivity index (χ1n) is 10.8. The van der Waals surface area contributed by atoms with E-state index in [0.717, 1.165) is 22.8 Å². The zero-order valence-electron chi connectivity index (χ0n) is 19.2. The minimum Gasteiger partial charge on any atom is -0.494 e. The van der Waals surface area contributed by atoms with Crippen LogP contribution in [0.1, 0.15) is 21.5 Å². The number of rotatable bonds is 8. The van der Waals surface area contributed by atoms with Gasteiger partial charge in [0.25, 0.3) is 11.2 Å².